The summed E-state index contributed by atoms with van der Waals surface area (Å²) in [6, 6.07) is 8.33. The highest BCUT2D eigenvalue weighted by Gasteiger charge is 2.16. The molecule has 1 fully saturated rings. The van der Waals surface area contributed by atoms with Gasteiger partial charge in [-0.3, -0.25) is 0 Å². The van der Waals surface area contributed by atoms with Crippen molar-refractivity contribution in [2.75, 3.05) is 37.3 Å². The first-order valence-electron chi connectivity index (χ1n) is 10.4. The molecule has 1 aromatic heterocycles. The predicted octanol–water partition coefficient (Wildman–Crippen LogP) is 3.52. The van der Waals surface area contributed by atoms with Crippen LogP contribution in [0.2, 0.25) is 0 Å². The second-order valence-electron chi connectivity index (χ2n) is 7.63. The molecule has 1 aliphatic heterocycles. The van der Waals surface area contributed by atoms with E-state index in [1.807, 2.05) is 20.0 Å². The van der Waals surface area contributed by atoms with Gasteiger partial charge in [-0.25, -0.2) is 4.98 Å². The summed E-state index contributed by atoms with van der Waals surface area (Å²) in [5.74, 6) is 1.39. The van der Waals surface area contributed by atoms with Crippen LogP contribution in [0, 0.1) is 6.92 Å². The third-order valence-corrected chi connectivity index (χ3v) is 5.37. The van der Waals surface area contributed by atoms with Crippen LogP contribution in [-0.4, -0.2) is 52.8 Å². The van der Waals surface area contributed by atoms with E-state index in [4.69, 9.17) is 0 Å². The fourth-order valence-electron chi connectivity index (χ4n) is 3.84. The summed E-state index contributed by atoms with van der Waals surface area (Å²) in [5.41, 5.74) is 4.51. The largest absolute Gasteiger partial charge is 0.392 e. The molecule has 2 heterocycles. The molecule has 0 saturated carbocycles. The third kappa shape index (κ3) is 5.66. The van der Waals surface area contributed by atoms with Gasteiger partial charge < -0.3 is 20.6 Å². The molecule has 0 amide bonds. The average molecular weight is 384 g/mol. The molecule has 0 aliphatic carbocycles. The topological polar surface area (TPSA) is 73.3 Å². The second-order valence-corrected chi connectivity index (χ2v) is 7.63. The maximum Gasteiger partial charge on any atom is 0.229 e. The van der Waals surface area contributed by atoms with E-state index >= 15 is 0 Å². The summed E-state index contributed by atoms with van der Waals surface area (Å²) < 4.78 is 0. The van der Waals surface area contributed by atoms with E-state index in [0.717, 1.165) is 56.1 Å². The van der Waals surface area contributed by atoms with Gasteiger partial charge in [-0.15, -0.1) is 0 Å². The van der Waals surface area contributed by atoms with Crippen molar-refractivity contribution in [2.45, 2.75) is 52.1 Å². The van der Waals surface area contributed by atoms with E-state index < -0.39 is 0 Å². The fourth-order valence-corrected chi connectivity index (χ4v) is 3.84. The Bertz CT molecular complexity index is 774. The lowest BCUT2D eigenvalue weighted by Crippen LogP contribution is -2.30. The molecule has 0 radical (unpaired) electrons. The number of anilines is 3. The van der Waals surface area contributed by atoms with Gasteiger partial charge in [0.2, 0.25) is 5.95 Å². The first kappa shape index (κ1) is 20.6. The zero-order valence-corrected chi connectivity index (χ0v) is 17.3. The van der Waals surface area contributed by atoms with E-state index in [-0.39, 0.29) is 6.10 Å². The van der Waals surface area contributed by atoms with Gasteiger partial charge in [0.1, 0.15) is 5.82 Å². The Morgan fingerprint density at radius 3 is 2.64 bits per heavy atom. The number of aromatic nitrogens is 2. The zero-order chi connectivity index (χ0) is 19.9. The van der Waals surface area contributed by atoms with Crippen molar-refractivity contribution in [2.24, 2.45) is 0 Å². The summed E-state index contributed by atoms with van der Waals surface area (Å²) in [6.07, 6.45) is 4.91. The van der Waals surface area contributed by atoms with Crippen LogP contribution in [0.4, 0.5) is 17.5 Å². The van der Waals surface area contributed by atoms with Crippen LogP contribution in [0.15, 0.2) is 24.3 Å². The van der Waals surface area contributed by atoms with Crippen LogP contribution in [0.1, 0.15) is 43.0 Å². The molecule has 1 aromatic carbocycles. The Morgan fingerprint density at radius 2 is 1.93 bits per heavy atom. The predicted molar refractivity (Wildman–Crippen MR) is 115 cm³/mol. The minimum absolute atomic E-state index is 0.266. The quantitative estimate of drug-likeness (QED) is 0.615. The Kier molecular flexibility index (Phi) is 7.23. The van der Waals surface area contributed by atoms with Crippen LogP contribution < -0.4 is 10.6 Å². The van der Waals surface area contributed by atoms with Gasteiger partial charge in [-0.2, -0.15) is 4.98 Å². The number of hydrogen-bond acceptors (Lipinski definition) is 6. The average Bonchev–Trinajstić information content (AvgIpc) is 3.19. The highest BCUT2D eigenvalue weighted by molar-refractivity contribution is 5.57. The van der Waals surface area contributed by atoms with Crippen LogP contribution in [0.3, 0.4) is 0 Å². The maximum atomic E-state index is 10.4. The summed E-state index contributed by atoms with van der Waals surface area (Å²) >= 11 is 0. The molecule has 2 aromatic rings. The van der Waals surface area contributed by atoms with Crippen LogP contribution >= 0.6 is 0 Å². The molecule has 1 aliphatic rings. The SMILES string of the molecule is CCc1ccc(Nc2nc(C)cc(NC)n2)cc1CC[C@H](O)CN1CCCC1. The molecule has 0 bridgehead atoms. The summed E-state index contributed by atoms with van der Waals surface area (Å²) in [5, 5.41) is 16.8. The number of aliphatic hydroxyl groups excluding tert-OH is 1. The van der Waals surface area contributed by atoms with Gasteiger partial charge in [0, 0.05) is 31.0 Å². The van der Waals surface area contributed by atoms with E-state index in [1.165, 1.54) is 24.0 Å². The number of benzene rings is 1. The van der Waals surface area contributed by atoms with E-state index in [1.54, 1.807) is 0 Å². The van der Waals surface area contributed by atoms with Crippen LogP contribution in [-0.2, 0) is 12.8 Å². The minimum atomic E-state index is -0.266. The van der Waals surface area contributed by atoms with Gasteiger partial charge in [-0.05, 0) is 75.4 Å². The van der Waals surface area contributed by atoms with E-state index in [2.05, 4.69) is 50.6 Å². The summed E-state index contributed by atoms with van der Waals surface area (Å²) in [6.45, 7) is 7.18. The van der Waals surface area contributed by atoms with Gasteiger partial charge >= 0.3 is 0 Å². The Hall–Kier alpha value is -2.18. The molecule has 1 saturated heterocycles. The molecular weight excluding hydrogens is 350 g/mol. The molecule has 3 N–H and O–H groups in total. The molecule has 6 nitrogen and oxygen atoms in total. The number of aryl methyl sites for hydroxylation is 3. The summed E-state index contributed by atoms with van der Waals surface area (Å²) in [7, 11) is 1.85. The lowest BCUT2D eigenvalue weighted by Gasteiger charge is -2.20. The molecule has 152 valence electrons. The first-order chi connectivity index (χ1) is 13.6. The highest BCUT2D eigenvalue weighted by Crippen LogP contribution is 2.22. The molecule has 0 unspecified atom stereocenters. The minimum Gasteiger partial charge on any atom is -0.392 e. The maximum absolute atomic E-state index is 10.4. The molecule has 1 atom stereocenters. The standard InChI is InChI=1S/C22H33N5O/c1-4-17-7-9-19(25-22-24-16(2)13-21(23-3)26-22)14-18(17)8-10-20(28)15-27-11-5-6-12-27/h7,9,13-14,20,28H,4-6,8,10-12,15H2,1-3H3,(H2,23,24,25,26)/t20-/m0/s1. The van der Waals surface area contributed by atoms with Gasteiger partial charge in [0.05, 0.1) is 6.10 Å². The third-order valence-electron chi connectivity index (χ3n) is 5.37. The van der Waals surface area contributed by atoms with Crippen molar-refractivity contribution in [1.82, 2.24) is 14.9 Å². The lowest BCUT2D eigenvalue weighted by atomic mass is 9.98. The van der Waals surface area contributed by atoms with Gasteiger partial charge in [0.15, 0.2) is 0 Å². The number of rotatable bonds is 9. The number of nitrogens with one attached hydrogen (secondary N) is 2. The van der Waals surface area contributed by atoms with Gasteiger partial charge in [0.25, 0.3) is 0 Å². The molecule has 28 heavy (non-hydrogen) atoms. The number of nitrogens with zero attached hydrogens (tertiary/aromatic N) is 3. The van der Waals surface area contributed by atoms with Crippen molar-refractivity contribution in [1.29, 1.82) is 0 Å². The number of aliphatic hydroxyl groups is 1. The Balaban J connectivity index is 1.66. The van der Waals surface area contributed by atoms with E-state index in [0.29, 0.717) is 5.95 Å². The monoisotopic (exact) mass is 383 g/mol. The van der Waals surface area contributed by atoms with Crippen molar-refractivity contribution >= 4 is 17.5 Å². The van der Waals surface area contributed by atoms with Crippen LogP contribution in [0.25, 0.3) is 0 Å². The van der Waals surface area contributed by atoms with Crippen molar-refractivity contribution in [3.63, 3.8) is 0 Å². The second kappa shape index (κ2) is 9.85. The molecular formula is C22H33N5O. The molecule has 3 rings (SSSR count). The summed E-state index contributed by atoms with van der Waals surface area (Å²) in [4.78, 5) is 11.3. The lowest BCUT2D eigenvalue weighted by molar-refractivity contribution is 0.117. The Morgan fingerprint density at radius 1 is 1.14 bits per heavy atom. The van der Waals surface area contributed by atoms with Crippen molar-refractivity contribution in [3.8, 4) is 0 Å². The first-order valence-corrected chi connectivity index (χ1v) is 10.4. The number of likely N-dealkylation sites (tertiary alicyclic amines) is 1. The number of hydrogen-bond donors (Lipinski definition) is 3. The normalized spacial score (nSPS) is 15.6. The van der Waals surface area contributed by atoms with E-state index in [9.17, 15) is 5.11 Å². The molecule has 0 spiro atoms. The molecule has 6 heteroatoms. The van der Waals surface area contributed by atoms with Crippen LogP contribution in [0.5, 0.6) is 0 Å². The number of β-amino-alcohol motifs (C(OH)–C–C–N with tert-alkyl or cyclic N) is 1. The fraction of sp³-hybridized carbons (Fsp3) is 0.545. The highest BCUT2D eigenvalue weighted by atomic mass is 16.3. The van der Waals surface area contributed by atoms with Crippen molar-refractivity contribution in [3.05, 3.63) is 41.1 Å². The van der Waals surface area contributed by atoms with Crippen molar-refractivity contribution < 1.29 is 5.11 Å². The smallest absolute Gasteiger partial charge is 0.229 e. The van der Waals surface area contributed by atoms with Gasteiger partial charge in [-0.1, -0.05) is 13.0 Å². The Labute approximate surface area is 168 Å². The zero-order valence-electron chi connectivity index (χ0n) is 17.3.